The van der Waals surface area contributed by atoms with Gasteiger partial charge in [0.05, 0.1) is 69.5 Å². The van der Waals surface area contributed by atoms with Crippen molar-refractivity contribution in [2.45, 2.75) is 59.8 Å². The number of azo groups is 3. The number of ether oxygens (including phenoxy) is 2. The number of nitrogens with zero attached hydrogens (tertiary/aromatic N) is 10. The normalized spacial score (nSPS) is 13.0. The topological polar surface area (TPSA) is 459 Å². The molecule has 7 N–H and O–H groups in total. The number of hydrogen-bond acceptors (Lipinski definition) is 25. The first-order valence-corrected chi connectivity index (χ1v) is 32.4. The van der Waals surface area contributed by atoms with Crippen molar-refractivity contribution in [3.05, 3.63) is 82.4 Å². The van der Waals surface area contributed by atoms with Gasteiger partial charge in [-0.25, -0.2) is 9.97 Å². The van der Waals surface area contributed by atoms with Crippen LogP contribution in [0.5, 0.6) is 17.4 Å². The lowest BCUT2D eigenvalue weighted by Crippen LogP contribution is -2.08. The van der Waals surface area contributed by atoms with Crippen LogP contribution in [0.2, 0.25) is 0 Å². The van der Waals surface area contributed by atoms with Crippen LogP contribution in [-0.4, -0.2) is 120 Å². The Bertz CT molecular complexity index is 4710. The minimum atomic E-state index is -4.99. The van der Waals surface area contributed by atoms with Gasteiger partial charge in [0.2, 0.25) is 11.0 Å². The number of aromatic nitrogens is 3. The third kappa shape index (κ3) is 13.3. The van der Waals surface area contributed by atoms with Gasteiger partial charge in [0.25, 0.3) is 50.6 Å². The van der Waals surface area contributed by atoms with Gasteiger partial charge < -0.3 is 19.7 Å². The zero-order valence-corrected chi connectivity index (χ0v) is 48.2. The molecule has 8 rings (SSSR count). The number of aromatic hydroxyl groups is 1. The molecule has 0 atom stereocenters. The van der Waals surface area contributed by atoms with Crippen molar-refractivity contribution in [3.63, 3.8) is 0 Å². The highest BCUT2D eigenvalue weighted by Gasteiger charge is 2.27. The van der Waals surface area contributed by atoms with E-state index in [4.69, 9.17) is 9.47 Å². The van der Waals surface area contributed by atoms with E-state index in [2.05, 4.69) is 40.7 Å². The summed E-state index contributed by atoms with van der Waals surface area (Å²) in [4.78, 5) is 6.99. The number of nitriles is 1. The highest BCUT2D eigenvalue weighted by atomic mass is 32.2. The van der Waals surface area contributed by atoms with Crippen LogP contribution in [0.1, 0.15) is 40.7 Å². The van der Waals surface area contributed by atoms with E-state index < -0.39 is 89.3 Å². The lowest BCUT2D eigenvalue weighted by atomic mass is 10.0. The summed E-state index contributed by atoms with van der Waals surface area (Å²) in [6, 6.07) is 13.0. The van der Waals surface area contributed by atoms with Gasteiger partial charge in [-0.3, -0.25) is 27.2 Å². The standard InChI is InChI=1S/C46H42N10O19S7/c1-22-11-33(52-54-41-24(3)29(20-47)44-48-32-17-37(74-4)39(81(68,69)70)19-35(32)56(44)45(41)58)36(75-7-5-9-78(59,60)61)16-30(22)50-53-34-12-23(2)31(18-38(34)76-8-6-10-79(62,63)64)51-55-46-49-42-40(82(71,72)73)15-27-25(21-57)13-26(80(65,66)67)14-28(27)43(42)77-46/h11-19,57-58H,5-10,21H2,1-4H3,(H,59,60,61)(H,62,63,64)(H,65,66,67)(H,68,69,70)(H,71,72,73). The number of aryl methyl sites for hydroxylation is 2. The lowest BCUT2D eigenvalue weighted by molar-refractivity contribution is 0.283. The van der Waals surface area contributed by atoms with E-state index in [1.54, 1.807) is 13.8 Å². The van der Waals surface area contributed by atoms with Crippen molar-refractivity contribution in [1.82, 2.24) is 14.4 Å². The number of pyridine rings is 1. The zero-order valence-electron chi connectivity index (χ0n) is 42.5. The number of benzene rings is 5. The van der Waals surface area contributed by atoms with Crippen molar-refractivity contribution < 1.29 is 84.5 Å². The van der Waals surface area contributed by atoms with Crippen LogP contribution in [0.3, 0.4) is 0 Å². The third-order valence-electron chi connectivity index (χ3n) is 12.0. The maximum absolute atomic E-state index is 12.6. The van der Waals surface area contributed by atoms with Gasteiger partial charge in [0.1, 0.15) is 44.1 Å². The number of rotatable bonds is 21. The lowest BCUT2D eigenvalue weighted by Gasteiger charge is -2.12. The van der Waals surface area contributed by atoms with Gasteiger partial charge in [-0.15, -0.1) is 37.3 Å². The molecule has 432 valence electrons. The summed E-state index contributed by atoms with van der Waals surface area (Å²) in [7, 11) is -22.3. The molecule has 3 aromatic heterocycles. The van der Waals surface area contributed by atoms with Crippen LogP contribution in [-0.2, 0) is 57.2 Å². The molecule has 82 heavy (non-hydrogen) atoms. The van der Waals surface area contributed by atoms with Crippen molar-refractivity contribution in [2.75, 3.05) is 31.0 Å². The number of hydrogen-bond donors (Lipinski definition) is 7. The quantitative estimate of drug-likeness (QED) is 0.0152. The van der Waals surface area contributed by atoms with Crippen LogP contribution in [0.25, 0.3) is 37.7 Å². The summed E-state index contributed by atoms with van der Waals surface area (Å²) in [6.07, 6.45) is -0.240. The highest BCUT2D eigenvalue weighted by molar-refractivity contribution is 7.99. The van der Waals surface area contributed by atoms with E-state index in [9.17, 15) is 80.3 Å². The van der Waals surface area contributed by atoms with Crippen LogP contribution in [0.4, 0.5) is 33.6 Å². The van der Waals surface area contributed by atoms with Crippen LogP contribution < -0.4 is 9.47 Å². The Morgan fingerprint density at radius 2 is 1.30 bits per heavy atom. The van der Waals surface area contributed by atoms with Gasteiger partial charge in [0, 0.05) is 28.0 Å². The van der Waals surface area contributed by atoms with Gasteiger partial charge in [-0.1, -0.05) is 11.3 Å². The second-order valence-electron chi connectivity index (χ2n) is 17.6. The molecule has 0 radical (unpaired) electrons. The molecule has 0 aliphatic rings. The maximum Gasteiger partial charge on any atom is 0.298 e. The molecule has 0 saturated carbocycles. The Hall–Kier alpha value is -7.25. The summed E-state index contributed by atoms with van der Waals surface area (Å²) in [6.45, 7) is 3.54. The number of methoxy groups -OCH3 is 1. The number of thioether (sulfide) groups is 1. The average Bonchev–Trinajstić information content (AvgIpc) is 4.16. The smallest absolute Gasteiger partial charge is 0.298 e. The first-order chi connectivity index (χ1) is 38.3. The van der Waals surface area contributed by atoms with E-state index in [1.165, 1.54) is 37.3 Å². The Kier molecular flexibility index (Phi) is 17.2. The fourth-order valence-corrected chi connectivity index (χ4v) is 13.1. The summed E-state index contributed by atoms with van der Waals surface area (Å²) >= 11 is 1.82. The molecule has 0 spiro atoms. The number of fused-ring (bicyclic) bond motifs is 6. The van der Waals surface area contributed by atoms with Gasteiger partial charge >= 0.3 is 0 Å². The van der Waals surface area contributed by atoms with Crippen molar-refractivity contribution >= 4 is 145 Å². The van der Waals surface area contributed by atoms with Gasteiger partial charge in [-0.05, 0) is 104 Å². The number of thiazole rings is 1. The molecule has 0 amide bonds. The first-order valence-electron chi connectivity index (χ1n) is 23.1. The number of aliphatic hydroxyl groups excluding tert-OH is 1. The zero-order chi connectivity index (χ0) is 60.0. The van der Waals surface area contributed by atoms with E-state index >= 15 is 0 Å². The van der Waals surface area contributed by atoms with E-state index in [1.807, 2.05) is 6.07 Å². The largest absolute Gasteiger partial charge is 0.495 e. The molecule has 0 bridgehead atoms. The van der Waals surface area contributed by atoms with Crippen LogP contribution in [0, 0.1) is 32.1 Å². The average molecular weight is 1260 g/mol. The van der Waals surface area contributed by atoms with Crippen molar-refractivity contribution in [1.29, 1.82) is 5.26 Å². The van der Waals surface area contributed by atoms with Gasteiger partial charge in [0.15, 0.2) is 11.3 Å². The first kappa shape index (κ1) is 60.8. The molecule has 36 heteroatoms. The predicted octanol–water partition coefficient (Wildman–Crippen LogP) is 9.27. The van der Waals surface area contributed by atoms with E-state index in [-0.39, 0.29) is 125 Å². The van der Waals surface area contributed by atoms with Crippen molar-refractivity contribution in [3.8, 4) is 23.4 Å². The Morgan fingerprint density at radius 3 is 1.93 bits per heavy atom. The maximum atomic E-state index is 12.6. The Morgan fingerprint density at radius 1 is 0.683 bits per heavy atom. The molecule has 0 saturated heterocycles. The predicted molar refractivity (Wildman–Crippen MR) is 296 cm³/mol. The summed E-state index contributed by atoms with van der Waals surface area (Å²) in [5.74, 6) is -2.19. The van der Waals surface area contributed by atoms with Crippen LogP contribution >= 0.6 is 23.1 Å². The van der Waals surface area contributed by atoms with Crippen molar-refractivity contribution in [2.24, 2.45) is 30.7 Å². The SMILES string of the molecule is COc1cc2nc3c(C#N)c(C)c(N=Nc4cc(C)c(N=Nc5cc(C)c(N=Nc6nc7c(S(=O)(=O)O)cc8c(CO)cc(S(=O)(=O)O)cc8c7s6)cc5SCCCS(=O)(=O)O)cc4OCCCS(=O)(=O)O)c(O)n3c2cc1S(=O)(=O)O. The Labute approximate surface area is 473 Å². The summed E-state index contributed by atoms with van der Waals surface area (Å²) < 4.78 is 181. The third-order valence-corrected chi connectivity index (χ3v) is 18.3. The minimum absolute atomic E-state index is 0.00660. The molecule has 8 aromatic rings. The number of imidazole rings is 1. The molecule has 0 unspecified atom stereocenters. The molecule has 0 aliphatic heterocycles. The number of aliphatic hydroxyl groups is 1. The molecular weight excluding hydrogens is 1220 g/mol. The molecule has 3 heterocycles. The highest BCUT2D eigenvalue weighted by Crippen LogP contribution is 2.45. The summed E-state index contributed by atoms with van der Waals surface area (Å²) in [5, 5.41) is 57.8. The summed E-state index contributed by atoms with van der Waals surface area (Å²) in [5.41, 5.74) is 0.363. The van der Waals surface area contributed by atoms with Gasteiger partial charge in [-0.2, -0.15) is 52.5 Å². The second-order valence-corrected chi connectivity index (χ2v) is 27.1. The molecule has 29 nitrogen and oxygen atoms in total. The monoisotopic (exact) mass is 1260 g/mol. The minimum Gasteiger partial charge on any atom is -0.495 e. The molecule has 5 aromatic carbocycles. The molecule has 0 aliphatic carbocycles. The Balaban J connectivity index is 1.19. The van der Waals surface area contributed by atoms with E-state index in [0.717, 1.165) is 58.9 Å². The second kappa shape index (κ2) is 23.2. The van der Waals surface area contributed by atoms with Crippen LogP contribution in [0.15, 0.2) is 105 Å². The molecular formula is C46H42N10O19S7. The fourth-order valence-electron chi connectivity index (χ4n) is 8.14. The van der Waals surface area contributed by atoms with E-state index in [0.29, 0.717) is 16.0 Å². The molecule has 0 fully saturated rings. The fraction of sp³-hybridized carbons (Fsp3) is 0.239.